The van der Waals surface area contributed by atoms with Crippen LogP contribution in [0.1, 0.15) is 17.2 Å². The molecule has 0 bridgehead atoms. The summed E-state index contributed by atoms with van der Waals surface area (Å²) in [6, 6.07) is 16.4. The number of benzene rings is 2. The van der Waals surface area contributed by atoms with Crippen LogP contribution in [-0.2, 0) is 11.3 Å². The highest BCUT2D eigenvalue weighted by Gasteiger charge is 2.17. The number of nitrogens with zero attached hydrogens (tertiary/aromatic N) is 1. The number of aliphatic hydroxyl groups is 1. The van der Waals surface area contributed by atoms with E-state index in [9.17, 15) is 9.90 Å². The number of amides is 1. The minimum atomic E-state index is -1.24. The zero-order valence-corrected chi connectivity index (χ0v) is 13.3. The Bertz CT molecular complexity index is 859. The van der Waals surface area contributed by atoms with Gasteiger partial charge in [0.2, 0.25) is 0 Å². The Hall–Kier alpha value is -2.92. The second-order valence-corrected chi connectivity index (χ2v) is 5.38. The van der Waals surface area contributed by atoms with E-state index in [2.05, 4.69) is 10.3 Å². The average Bonchev–Trinajstić information content (AvgIpc) is 2.65. The summed E-state index contributed by atoms with van der Waals surface area (Å²) < 4.78 is 5.11. The van der Waals surface area contributed by atoms with E-state index in [-0.39, 0.29) is 0 Å². The quantitative estimate of drug-likeness (QED) is 0.757. The molecule has 0 radical (unpaired) electrons. The van der Waals surface area contributed by atoms with E-state index in [1.807, 2.05) is 30.3 Å². The van der Waals surface area contributed by atoms with Gasteiger partial charge in [-0.25, -0.2) is 0 Å². The minimum absolute atomic E-state index is 0.322. The van der Waals surface area contributed by atoms with Crippen molar-refractivity contribution in [2.24, 2.45) is 0 Å². The fraction of sp³-hybridized carbons (Fsp3) is 0.158. The first kappa shape index (κ1) is 16.0. The number of methoxy groups -OCH3 is 1. The molecule has 0 fully saturated rings. The largest absolute Gasteiger partial charge is 0.497 e. The van der Waals surface area contributed by atoms with Crippen LogP contribution >= 0.6 is 0 Å². The topological polar surface area (TPSA) is 71.5 Å². The van der Waals surface area contributed by atoms with Gasteiger partial charge in [-0.15, -0.1) is 0 Å². The van der Waals surface area contributed by atoms with Crippen molar-refractivity contribution in [3.05, 3.63) is 71.9 Å². The van der Waals surface area contributed by atoms with Gasteiger partial charge in [0.05, 0.1) is 12.6 Å². The van der Waals surface area contributed by atoms with Crippen LogP contribution in [0.2, 0.25) is 0 Å². The summed E-state index contributed by atoms with van der Waals surface area (Å²) in [6.07, 6.45) is 0.468. The molecule has 0 saturated heterocycles. The van der Waals surface area contributed by atoms with Crippen molar-refractivity contribution >= 4 is 16.8 Å². The first-order valence-electron chi connectivity index (χ1n) is 7.61. The zero-order chi connectivity index (χ0) is 16.9. The van der Waals surface area contributed by atoms with Gasteiger partial charge in [-0.05, 0) is 35.4 Å². The first-order valence-corrected chi connectivity index (χ1v) is 7.61. The first-order chi connectivity index (χ1) is 11.7. The lowest BCUT2D eigenvalue weighted by Crippen LogP contribution is -2.28. The number of nitrogens with one attached hydrogen (secondary N) is 1. The van der Waals surface area contributed by atoms with Gasteiger partial charge in [-0.2, -0.15) is 0 Å². The van der Waals surface area contributed by atoms with Gasteiger partial charge in [0.1, 0.15) is 5.75 Å². The lowest BCUT2D eigenvalue weighted by molar-refractivity contribution is -0.129. The number of carbonyl (C=O) groups excluding carboxylic acids is 1. The molecule has 1 unspecified atom stereocenters. The van der Waals surface area contributed by atoms with Crippen LogP contribution in [0.15, 0.2) is 60.8 Å². The number of carbonyl (C=O) groups is 1. The maximum Gasteiger partial charge on any atom is 0.253 e. The van der Waals surface area contributed by atoms with Crippen LogP contribution in [0.4, 0.5) is 0 Å². The molecule has 5 heteroatoms. The molecule has 3 rings (SSSR count). The number of fused-ring (bicyclic) bond motifs is 1. The fourth-order valence-electron chi connectivity index (χ4n) is 2.55. The molecule has 1 heterocycles. The summed E-state index contributed by atoms with van der Waals surface area (Å²) in [5.41, 5.74) is 2.32. The molecule has 1 atom stereocenters. The predicted octanol–water partition coefficient (Wildman–Crippen LogP) is 2.59. The molecule has 1 amide bonds. The molecule has 2 N–H and O–H groups in total. The molecule has 0 aliphatic carbocycles. The van der Waals surface area contributed by atoms with Gasteiger partial charge in [-0.1, -0.05) is 30.3 Å². The normalized spacial score (nSPS) is 11.9. The summed E-state index contributed by atoms with van der Waals surface area (Å²) in [5, 5.41) is 14.0. The lowest BCUT2D eigenvalue weighted by atomic mass is 10.1. The molecule has 0 spiro atoms. The van der Waals surface area contributed by atoms with Crippen LogP contribution in [0, 0.1) is 0 Å². The Morgan fingerprint density at radius 3 is 2.88 bits per heavy atom. The Morgan fingerprint density at radius 1 is 1.21 bits per heavy atom. The summed E-state index contributed by atoms with van der Waals surface area (Å²) in [7, 11) is 1.54. The molecule has 2 aromatic carbocycles. The van der Waals surface area contributed by atoms with Crippen molar-refractivity contribution in [3.63, 3.8) is 0 Å². The van der Waals surface area contributed by atoms with Crippen LogP contribution in [0.25, 0.3) is 10.9 Å². The smallest absolute Gasteiger partial charge is 0.253 e. The number of aromatic nitrogens is 1. The second-order valence-electron chi connectivity index (χ2n) is 5.38. The molecular formula is C19H18N2O3. The van der Waals surface area contributed by atoms with Gasteiger partial charge >= 0.3 is 0 Å². The molecule has 0 saturated carbocycles. The van der Waals surface area contributed by atoms with E-state index in [0.29, 0.717) is 17.9 Å². The third kappa shape index (κ3) is 3.36. The number of hydrogen-bond donors (Lipinski definition) is 2. The van der Waals surface area contributed by atoms with E-state index in [0.717, 1.165) is 16.5 Å². The number of hydrogen-bond acceptors (Lipinski definition) is 4. The molecule has 5 nitrogen and oxygen atoms in total. The van der Waals surface area contributed by atoms with Gasteiger partial charge in [0.15, 0.2) is 6.10 Å². The minimum Gasteiger partial charge on any atom is -0.497 e. The molecular weight excluding hydrogens is 304 g/mol. The molecule has 0 aliphatic heterocycles. The molecule has 24 heavy (non-hydrogen) atoms. The number of rotatable bonds is 5. The van der Waals surface area contributed by atoms with E-state index >= 15 is 0 Å². The van der Waals surface area contributed by atoms with Crippen LogP contribution < -0.4 is 10.1 Å². The third-order valence-electron chi connectivity index (χ3n) is 3.85. The van der Waals surface area contributed by atoms with Crippen molar-refractivity contribution in [1.29, 1.82) is 0 Å². The lowest BCUT2D eigenvalue weighted by Gasteiger charge is -2.13. The van der Waals surface area contributed by atoms with Gasteiger partial charge in [0.25, 0.3) is 5.91 Å². The molecule has 3 aromatic rings. The third-order valence-corrected chi connectivity index (χ3v) is 3.85. The number of aliphatic hydroxyl groups excluding tert-OH is 1. The maximum absolute atomic E-state index is 12.2. The van der Waals surface area contributed by atoms with Crippen LogP contribution in [-0.4, -0.2) is 23.1 Å². The van der Waals surface area contributed by atoms with Gasteiger partial charge in [-0.3, -0.25) is 9.78 Å². The maximum atomic E-state index is 12.2. The van der Waals surface area contributed by atoms with Crippen molar-refractivity contribution in [1.82, 2.24) is 10.3 Å². The standard InChI is InChI=1S/C19H18N2O3/c1-24-15-6-4-5-13(11-15)18(22)19(23)21-12-14-9-10-20-17-8-3-2-7-16(14)17/h2-11,18,22H,12H2,1H3,(H,21,23). The second kappa shape index (κ2) is 7.10. The Kier molecular flexibility index (Phi) is 4.72. The summed E-state index contributed by atoms with van der Waals surface area (Å²) in [5.74, 6) is 0.142. The molecule has 0 aliphatic rings. The SMILES string of the molecule is COc1cccc(C(O)C(=O)NCc2ccnc3ccccc23)c1. The summed E-state index contributed by atoms with van der Waals surface area (Å²) >= 11 is 0. The Labute approximate surface area is 139 Å². The highest BCUT2D eigenvalue weighted by atomic mass is 16.5. The highest BCUT2D eigenvalue weighted by Crippen LogP contribution is 2.20. The summed E-state index contributed by atoms with van der Waals surface area (Å²) in [6.45, 7) is 0.322. The Balaban J connectivity index is 1.72. The molecule has 1 aromatic heterocycles. The van der Waals surface area contributed by atoms with E-state index < -0.39 is 12.0 Å². The fourth-order valence-corrected chi connectivity index (χ4v) is 2.55. The van der Waals surface area contributed by atoms with Gasteiger partial charge in [0, 0.05) is 18.1 Å². The van der Waals surface area contributed by atoms with Crippen molar-refractivity contribution < 1.29 is 14.6 Å². The van der Waals surface area contributed by atoms with Crippen molar-refractivity contribution in [2.45, 2.75) is 12.6 Å². The predicted molar refractivity (Wildman–Crippen MR) is 91.5 cm³/mol. The average molecular weight is 322 g/mol. The summed E-state index contributed by atoms with van der Waals surface area (Å²) in [4.78, 5) is 16.5. The van der Waals surface area contributed by atoms with E-state index in [1.165, 1.54) is 0 Å². The zero-order valence-electron chi connectivity index (χ0n) is 13.3. The monoisotopic (exact) mass is 322 g/mol. The van der Waals surface area contributed by atoms with Crippen molar-refractivity contribution in [2.75, 3.05) is 7.11 Å². The highest BCUT2D eigenvalue weighted by molar-refractivity contribution is 5.84. The van der Waals surface area contributed by atoms with Crippen LogP contribution in [0.3, 0.4) is 0 Å². The Morgan fingerprint density at radius 2 is 2.04 bits per heavy atom. The van der Waals surface area contributed by atoms with Gasteiger partial charge < -0.3 is 15.2 Å². The van der Waals surface area contributed by atoms with E-state index in [1.54, 1.807) is 37.6 Å². The number of pyridine rings is 1. The van der Waals surface area contributed by atoms with Crippen LogP contribution in [0.5, 0.6) is 5.75 Å². The molecule has 122 valence electrons. The van der Waals surface area contributed by atoms with E-state index in [4.69, 9.17) is 4.74 Å². The number of ether oxygens (including phenoxy) is 1. The number of para-hydroxylation sites is 1. The van der Waals surface area contributed by atoms with Crippen molar-refractivity contribution in [3.8, 4) is 5.75 Å².